The molecule has 0 fully saturated rings. The zero-order valence-electron chi connectivity index (χ0n) is 9.69. The van der Waals surface area contributed by atoms with Crippen LogP contribution in [0.2, 0.25) is 0 Å². The van der Waals surface area contributed by atoms with Gasteiger partial charge in [-0.15, -0.1) is 5.10 Å². The van der Waals surface area contributed by atoms with Crippen LogP contribution in [0.25, 0.3) is 0 Å². The summed E-state index contributed by atoms with van der Waals surface area (Å²) in [5.74, 6) is -4.68. The van der Waals surface area contributed by atoms with Crippen LogP contribution in [-0.2, 0) is 0 Å². The molecule has 19 heavy (non-hydrogen) atoms. The number of rotatable bonds is 2. The molecular weight excluding hydrogens is 261 g/mol. The Balaban J connectivity index is 2.00. The van der Waals surface area contributed by atoms with Crippen molar-refractivity contribution < 1.29 is 18.0 Å². The smallest absolute Gasteiger partial charge is 0.285 e. The second-order valence-corrected chi connectivity index (χ2v) is 3.82. The van der Waals surface area contributed by atoms with Gasteiger partial charge in [-0.2, -0.15) is 5.10 Å². The number of hydrogen-bond donors (Lipinski definition) is 1. The number of amidine groups is 1. The van der Waals surface area contributed by atoms with E-state index < -0.39 is 23.4 Å². The minimum absolute atomic E-state index is 0.146. The zero-order valence-corrected chi connectivity index (χ0v) is 9.69. The Hall–Kier alpha value is -2.25. The SMILES string of the molecule is CC(F)(F)C1=NN=C(NC(=O)c2cc(F)ccn2)[CH]1. The first-order valence-electron chi connectivity index (χ1n) is 5.18. The third kappa shape index (κ3) is 3.15. The van der Waals surface area contributed by atoms with Crippen LogP contribution in [-0.4, -0.2) is 28.4 Å². The van der Waals surface area contributed by atoms with Gasteiger partial charge in [0.15, 0.2) is 0 Å². The van der Waals surface area contributed by atoms with Gasteiger partial charge in [-0.05, 0) is 6.07 Å². The third-order valence-corrected chi connectivity index (χ3v) is 2.18. The van der Waals surface area contributed by atoms with Crippen LogP contribution in [0.1, 0.15) is 17.4 Å². The number of nitrogens with zero attached hydrogens (tertiary/aromatic N) is 3. The molecule has 5 nitrogen and oxygen atoms in total. The van der Waals surface area contributed by atoms with Gasteiger partial charge < -0.3 is 5.32 Å². The number of alkyl halides is 2. The molecule has 1 aromatic heterocycles. The highest BCUT2D eigenvalue weighted by molar-refractivity contribution is 6.23. The van der Waals surface area contributed by atoms with Crippen molar-refractivity contribution in [2.24, 2.45) is 10.2 Å². The Labute approximate surface area is 106 Å². The van der Waals surface area contributed by atoms with Crippen molar-refractivity contribution >= 4 is 17.5 Å². The Morgan fingerprint density at radius 2 is 2.11 bits per heavy atom. The molecule has 0 aromatic carbocycles. The molecule has 2 rings (SSSR count). The van der Waals surface area contributed by atoms with Gasteiger partial charge in [-0.1, -0.05) is 0 Å². The summed E-state index contributed by atoms with van der Waals surface area (Å²) in [5.41, 5.74) is -0.747. The Bertz CT molecular complexity index is 578. The minimum Gasteiger partial charge on any atom is -0.307 e. The van der Waals surface area contributed by atoms with Crippen molar-refractivity contribution in [3.05, 3.63) is 36.3 Å². The maximum Gasteiger partial charge on any atom is 0.285 e. The van der Waals surface area contributed by atoms with Crippen LogP contribution >= 0.6 is 0 Å². The molecule has 2 heterocycles. The molecule has 1 amide bonds. The van der Waals surface area contributed by atoms with Crippen molar-refractivity contribution in [1.29, 1.82) is 0 Å². The van der Waals surface area contributed by atoms with E-state index in [4.69, 9.17) is 0 Å². The molecule has 1 aromatic rings. The number of pyridine rings is 1. The van der Waals surface area contributed by atoms with Gasteiger partial charge in [-0.25, -0.2) is 13.2 Å². The van der Waals surface area contributed by atoms with Gasteiger partial charge in [0.05, 0.1) is 6.42 Å². The number of amides is 1. The van der Waals surface area contributed by atoms with E-state index in [1.807, 2.05) is 0 Å². The number of aromatic nitrogens is 1. The summed E-state index contributed by atoms with van der Waals surface area (Å²) in [4.78, 5) is 15.3. The first-order chi connectivity index (χ1) is 8.86. The van der Waals surface area contributed by atoms with Crippen molar-refractivity contribution in [3.8, 4) is 0 Å². The molecule has 1 aliphatic heterocycles. The molecule has 0 unspecified atom stereocenters. The van der Waals surface area contributed by atoms with Gasteiger partial charge in [0.2, 0.25) is 0 Å². The minimum atomic E-state index is -3.15. The predicted molar refractivity (Wildman–Crippen MR) is 61.5 cm³/mol. The van der Waals surface area contributed by atoms with Crippen molar-refractivity contribution in [2.45, 2.75) is 12.8 Å². The van der Waals surface area contributed by atoms with E-state index in [1.54, 1.807) is 0 Å². The third-order valence-electron chi connectivity index (χ3n) is 2.18. The molecule has 99 valence electrons. The lowest BCUT2D eigenvalue weighted by Gasteiger charge is -2.08. The average Bonchev–Trinajstić information content (AvgIpc) is 2.77. The highest BCUT2D eigenvalue weighted by atomic mass is 19.3. The van der Waals surface area contributed by atoms with Gasteiger partial charge in [0, 0.05) is 19.2 Å². The Kier molecular flexibility index (Phi) is 3.32. The number of nitrogens with one attached hydrogen (secondary N) is 1. The van der Waals surface area contributed by atoms with E-state index in [1.165, 1.54) is 0 Å². The summed E-state index contributed by atoms with van der Waals surface area (Å²) >= 11 is 0. The largest absolute Gasteiger partial charge is 0.307 e. The lowest BCUT2D eigenvalue weighted by atomic mass is 10.1. The summed E-state index contributed by atoms with van der Waals surface area (Å²) in [6, 6.07) is 2.00. The van der Waals surface area contributed by atoms with Gasteiger partial charge in [0.1, 0.15) is 23.1 Å². The van der Waals surface area contributed by atoms with Crippen LogP contribution in [0.3, 0.4) is 0 Å². The van der Waals surface area contributed by atoms with Crippen LogP contribution in [0.15, 0.2) is 28.5 Å². The van der Waals surface area contributed by atoms with E-state index in [0.717, 1.165) is 24.8 Å². The van der Waals surface area contributed by atoms with Crippen LogP contribution in [0, 0.1) is 12.2 Å². The molecule has 1 N–H and O–H groups in total. The number of carbonyl (C=O) groups is 1. The molecule has 0 spiro atoms. The highest BCUT2D eigenvalue weighted by Crippen LogP contribution is 2.19. The molecule has 0 atom stereocenters. The summed E-state index contributed by atoms with van der Waals surface area (Å²) in [5, 5.41) is 8.83. The Morgan fingerprint density at radius 1 is 1.37 bits per heavy atom. The van der Waals surface area contributed by atoms with Crippen molar-refractivity contribution in [2.75, 3.05) is 0 Å². The van der Waals surface area contributed by atoms with Crippen LogP contribution in [0.4, 0.5) is 13.2 Å². The Morgan fingerprint density at radius 3 is 2.68 bits per heavy atom. The van der Waals surface area contributed by atoms with E-state index in [9.17, 15) is 18.0 Å². The van der Waals surface area contributed by atoms with Crippen molar-refractivity contribution in [3.63, 3.8) is 0 Å². The zero-order chi connectivity index (χ0) is 14.0. The van der Waals surface area contributed by atoms with Gasteiger partial charge in [0.25, 0.3) is 11.8 Å². The predicted octanol–water partition coefficient (Wildman–Crippen LogP) is 1.58. The van der Waals surface area contributed by atoms with E-state index in [-0.39, 0.29) is 11.5 Å². The van der Waals surface area contributed by atoms with E-state index in [2.05, 4.69) is 20.5 Å². The van der Waals surface area contributed by atoms with Crippen molar-refractivity contribution in [1.82, 2.24) is 10.3 Å². The molecule has 1 aliphatic rings. The fraction of sp³-hybridized carbons (Fsp3) is 0.182. The first-order valence-corrected chi connectivity index (χ1v) is 5.18. The topological polar surface area (TPSA) is 66.7 Å². The molecule has 0 aliphatic carbocycles. The van der Waals surface area contributed by atoms with Crippen LogP contribution < -0.4 is 5.32 Å². The van der Waals surface area contributed by atoms with Gasteiger partial charge >= 0.3 is 0 Å². The second kappa shape index (κ2) is 4.79. The molecular formula is C11H8F3N4O. The molecule has 0 bridgehead atoms. The molecule has 8 heteroatoms. The summed E-state index contributed by atoms with van der Waals surface area (Å²) < 4.78 is 38.7. The second-order valence-electron chi connectivity index (χ2n) is 3.82. The number of hydrogen-bond acceptors (Lipinski definition) is 4. The molecule has 1 radical (unpaired) electrons. The maximum atomic E-state index is 12.9. The van der Waals surface area contributed by atoms with E-state index >= 15 is 0 Å². The number of halogens is 3. The molecule has 0 saturated heterocycles. The number of carbonyl (C=O) groups excluding carboxylic acids is 1. The first kappa shape index (κ1) is 13.2. The lowest BCUT2D eigenvalue weighted by molar-refractivity contribution is 0.0967. The fourth-order valence-corrected chi connectivity index (χ4v) is 1.28. The standard InChI is InChI=1S/C11H8F3N4O/c1-11(13,14)8-5-9(18-17-8)16-10(19)7-4-6(12)2-3-15-7/h2-5H,1H3,(H,16,18,19). The van der Waals surface area contributed by atoms with Crippen LogP contribution in [0.5, 0.6) is 0 Å². The lowest BCUT2D eigenvalue weighted by Crippen LogP contribution is -2.34. The monoisotopic (exact) mass is 269 g/mol. The highest BCUT2D eigenvalue weighted by Gasteiger charge is 2.34. The summed E-state index contributed by atoms with van der Waals surface area (Å²) in [6.07, 6.45) is 2.06. The van der Waals surface area contributed by atoms with Gasteiger partial charge in [-0.3, -0.25) is 9.78 Å². The quantitative estimate of drug-likeness (QED) is 0.885. The molecule has 0 saturated carbocycles. The fourth-order valence-electron chi connectivity index (χ4n) is 1.28. The maximum absolute atomic E-state index is 12.9. The summed E-state index contributed by atoms with van der Waals surface area (Å²) in [7, 11) is 0. The average molecular weight is 269 g/mol. The van der Waals surface area contributed by atoms with E-state index in [0.29, 0.717) is 6.92 Å². The normalized spacial score (nSPS) is 14.9. The summed E-state index contributed by atoms with van der Waals surface area (Å²) in [6.45, 7) is 0.663.